The molecule has 0 saturated carbocycles. The van der Waals surface area contributed by atoms with Crippen molar-refractivity contribution in [3.63, 3.8) is 0 Å². The summed E-state index contributed by atoms with van der Waals surface area (Å²) >= 11 is 0. The van der Waals surface area contributed by atoms with Crippen molar-refractivity contribution in [3.05, 3.63) is 0 Å². The van der Waals surface area contributed by atoms with Crippen LogP contribution in [-0.4, -0.2) is 61.3 Å². The molecule has 1 rings (SSSR count). The van der Waals surface area contributed by atoms with E-state index in [9.17, 15) is 0 Å². The lowest BCUT2D eigenvalue weighted by Crippen LogP contribution is -2.41. The van der Waals surface area contributed by atoms with E-state index in [1.54, 1.807) is 0 Å². The predicted molar refractivity (Wildman–Crippen MR) is 105 cm³/mol. The molecule has 3 N–H and O–H groups in total. The van der Waals surface area contributed by atoms with Crippen LogP contribution in [0.15, 0.2) is 4.99 Å². The summed E-state index contributed by atoms with van der Waals surface area (Å²) in [7, 11) is 0. The van der Waals surface area contributed by atoms with Gasteiger partial charge in [-0.05, 0) is 45.6 Å². The zero-order valence-electron chi connectivity index (χ0n) is 14.5. The van der Waals surface area contributed by atoms with E-state index in [-0.39, 0.29) is 36.5 Å². The molecule has 0 radical (unpaired) electrons. The average Bonchev–Trinajstić information content (AvgIpc) is 2.50. The highest BCUT2D eigenvalue weighted by molar-refractivity contribution is 14.0. The van der Waals surface area contributed by atoms with Crippen molar-refractivity contribution in [1.29, 1.82) is 0 Å². The third-order valence-corrected chi connectivity index (χ3v) is 4.07. The first-order valence-corrected chi connectivity index (χ1v) is 8.54. The van der Waals surface area contributed by atoms with Crippen LogP contribution in [0.3, 0.4) is 0 Å². The first-order chi connectivity index (χ1) is 10.2. The minimum atomic E-state index is 0. The van der Waals surface area contributed by atoms with Crippen molar-refractivity contribution in [3.8, 4) is 0 Å². The lowest BCUT2D eigenvalue weighted by atomic mass is 10.0. The fourth-order valence-corrected chi connectivity index (χ4v) is 2.63. The summed E-state index contributed by atoms with van der Waals surface area (Å²) in [6, 6.07) is 0.742. The summed E-state index contributed by atoms with van der Waals surface area (Å²) in [6.45, 7) is 11.5. The van der Waals surface area contributed by atoms with E-state index in [2.05, 4.69) is 34.4 Å². The third-order valence-electron chi connectivity index (χ3n) is 4.07. The zero-order chi connectivity index (χ0) is 15.5. The second-order valence-electron chi connectivity index (χ2n) is 6.17. The Balaban J connectivity index is 0.00000441. The second-order valence-corrected chi connectivity index (χ2v) is 6.17. The van der Waals surface area contributed by atoms with Crippen molar-refractivity contribution in [2.45, 2.75) is 52.5 Å². The van der Waals surface area contributed by atoms with E-state index in [0.29, 0.717) is 6.54 Å². The van der Waals surface area contributed by atoms with Crippen molar-refractivity contribution in [1.82, 2.24) is 15.5 Å². The number of nitrogens with one attached hydrogen (secondary N) is 2. The van der Waals surface area contributed by atoms with Gasteiger partial charge in [-0.1, -0.05) is 13.3 Å². The van der Waals surface area contributed by atoms with E-state index in [0.717, 1.165) is 31.5 Å². The van der Waals surface area contributed by atoms with Gasteiger partial charge in [-0.25, -0.2) is 0 Å². The van der Waals surface area contributed by atoms with Crippen molar-refractivity contribution >= 4 is 29.9 Å². The summed E-state index contributed by atoms with van der Waals surface area (Å²) < 4.78 is 0. The maximum absolute atomic E-state index is 9.05. The van der Waals surface area contributed by atoms with Crippen molar-refractivity contribution < 1.29 is 5.11 Å². The van der Waals surface area contributed by atoms with Gasteiger partial charge in [0.1, 0.15) is 0 Å². The number of hydrogen-bond acceptors (Lipinski definition) is 3. The van der Waals surface area contributed by atoms with E-state index < -0.39 is 0 Å². The molecule has 0 bridgehead atoms. The molecule has 1 saturated heterocycles. The maximum atomic E-state index is 9.05. The van der Waals surface area contributed by atoms with Crippen LogP contribution in [0.1, 0.15) is 46.5 Å². The number of halogens is 1. The maximum Gasteiger partial charge on any atom is 0.191 e. The van der Waals surface area contributed by atoms with Crippen LogP contribution in [0, 0.1) is 5.92 Å². The Hall–Kier alpha value is -0.0800. The molecule has 0 aliphatic carbocycles. The molecule has 0 amide bonds. The van der Waals surface area contributed by atoms with Crippen LogP contribution in [0.4, 0.5) is 0 Å². The molecular formula is C16H35IN4O. The SMILES string of the molecule is CCNC(=NCC(C)CO)NCCCN1CCCCC1C.I. The molecule has 22 heavy (non-hydrogen) atoms. The third kappa shape index (κ3) is 9.15. The van der Waals surface area contributed by atoms with E-state index >= 15 is 0 Å². The number of hydrogen-bond donors (Lipinski definition) is 3. The summed E-state index contributed by atoms with van der Waals surface area (Å²) in [5.41, 5.74) is 0. The standard InChI is InChI=1S/C16H34N4O.HI/c1-4-17-16(19-12-14(2)13-21)18-9-7-11-20-10-6-5-8-15(20)3;/h14-15,21H,4-13H2,1-3H3,(H2,17,18,19);1H. The van der Waals surface area contributed by atoms with Crippen LogP contribution < -0.4 is 10.6 Å². The van der Waals surface area contributed by atoms with Crippen LogP contribution >= 0.6 is 24.0 Å². The van der Waals surface area contributed by atoms with Gasteiger partial charge in [0.25, 0.3) is 0 Å². The van der Waals surface area contributed by atoms with E-state index in [1.165, 1.54) is 32.4 Å². The minimum absolute atomic E-state index is 0. The smallest absolute Gasteiger partial charge is 0.191 e. The largest absolute Gasteiger partial charge is 0.396 e. The number of nitrogens with zero attached hydrogens (tertiary/aromatic N) is 2. The molecule has 0 aromatic carbocycles. The molecule has 1 heterocycles. The quantitative estimate of drug-likeness (QED) is 0.241. The molecule has 0 aromatic heterocycles. The number of guanidine groups is 1. The highest BCUT2D eigenvalue weighted by Gasteiger charge is 2.17. The molecule has 6 heteroatoms. The molecule has 1 aliphatic heterocycles. The van der Waals surface area contributed by atoms with Gasteiger partial charge in [0.15, 0.2) is 5.96 Å². The first kappa shape index (κ1) is 21.9. The van der Waals surface area contributed by atoms with Gasteiger partial charge in [-0.2, -0.15) is 0 Å². The number of piperidine rings is 1. The number of aliphatic hydroxyl groups is 1. The molecule has 132 valence electrons. The van der Waals surface area contributed by atoms with Gasteiger partial charge in [0.2, 0.25) is 0 Å². The summed E-state index contributed by atoms with van der Waals surface area (Å²) in [5, 5.41) is 15.7. The number of aliphatic imine (C=N–C) groups is 1. The Morgan fingerprint density at radius 2 is 2.14 bits per heavy atom. The van der Waals surface area contributed by atoms with Crippen LogP contribution in [0.25, 0.3) is 0 Å². The molecule has 1 fully saturated rings. The number of likely N-dealkylation sites (tertiary alicyclic amines) is 1. The van der Waals surface area contributed by atoms with Gasteiger partial charge >= 0.3 is 0 Å². The molecule has 1 aliphatic rings. The normalized spacial score (nSPS) is 21.1. The summed E-state index contributed by atoms with van der Waals surface area (Å²) in [4.78, 5) is 7.10. The highest BCUT2D eigenvalue weighted by atomic mass is 127. The van der Waals surface area contributed by atoms with E-state index in [1.807, 2.05) is 6.92 Å². The molecular weight excluding hydrogens is 391 g/mol. The van der Waals surface area contributed by atoms with Gasteiger partial charge in [-0.3, -0.25) is 4.99 Å². The van der Waals surface area contributed by atoms with Gasteiger partial charge in [0, 0.05) is 38.8 Å². The van der Waals surface area contributed by atoms with Gasteiger partial charge in [-0.15, -0.1) is 24.0 Å². The number of rotatable bonds is 8. The second kappa shape index (κ2) is 13.4. The molecule has 0 spiro atoms. The number of aliphatic hydroxyl groups excluding tert-OH is 1. The fraction of sp³-hybridized carbons (Fsp3) is 0.938. The Bertz CT molecular complexity index is 302. The summed E-state index contributed by atoms with van der Waals surface area (Å²) in [5.74, 6) is 1.08. The monoisotopic (exact) mass is 426 g/mol. The topological polar surface area (TPSA) is 59.9 Å². The van der Waals surface area contributed by atoms with Crippen LogP contribution in [-0.2, 0) is 0 Å². The minimum Gasteiger partial charge on any atom is -0.396 e. The van der Waals surface area contributed by atoms with Gasteiger partial charge < -0.3 is 20.6 Å². The van der Waals surface area contributed by atoms with E-state index in [4.69, 9.17) is 5.11 Å². The Labute approximate surface area is 153 Å². The Morgan fingerprint density at radius 3 is 2.77 bits per heavy atom. The summed E-state index contributed by atoms with van der Waals surface area (Å²) in [6.07, 6.45) is 5.22. The molecule has 2 unspecified atom stereocenters. The first-order valence-electron chi connectivity index (χ1n) is 8.54. The molecule has 5 nitrogen and oxygen atoms in total. The highest BCUT2D eigenvalue weighted by Crippen LogP contribution is 2.15. The Kier molecular flexibility index (Phi) is 13.3. The Morgan fingerprint density at radius 1 is 1.36 bits per heavy atom. The van der Waals surface area contributed by atoms with Crippen LogP contribution in [0.5, 0.6) is 0 Å². The van der Waals surface area contributed by atoms with Crippen molar-refractivity contribution in [2.24, 2.45) is 10.9 Å². The predicted octanol–water partition coefficient (Wildman–Crippen LogP) is 2.05. The lowest BCUT2D eigenvalue weighted by Gasteiger charge is -2.33. The van der Waals surface area contributed by atoms with Crippen molar-refractivity contribution in [2.75, 3.05) is 39.3 Å². The average molecular weight is 426 g/mol. The van der Waals surface area contributed by atoms with Crippen LogP contribution in [0.2, 0.25) is 0 Å². The molecule has 0 aromatic rings. The van der Waals surface area contributed by atoms with Gasteiger partial charge in [0.05, 0.1) is 0 Å². The zero-order valence-corrected chi connectivity index (χ0v) is 16.8. The molecule has 2 atom stereocenters. The fourth-order valence-electron chi connectivity index (χ4n) is 2.63. The lowest BCUT2D eigenvalue weighted by molar-refractivity contribution is 0.159.